The molecule has 0 radical (unpaired) electrons. The molecule has 0 saturated carbocycles. The molecule has 1 amide bonds. The van der Waals surface area contributed by atoms with E-state index in [1.165, 1.54) is 0 Å². The first-order valence-electron chi connectivity index (χ1n) is 8.04. The third-order valence-corrected chi connectivity index (χ3v) is 4.23. The lowest BCUT2D eigenvalue weighted by molar-refractivity contribution is -0.120. The summed E-state index contributed by atoms with van der Waals surface area (Å²) in [6.07, 6.45) is 3.45. The first kappa shape index (κ1) is 15.5. The number of pyridine rings is 2. The summed E-state index contributed by atoms with van der Waals surface area (Å²) in [5.74, 6) is 1.74. The summed E-state index contributed by atoms with van der Waals surface area (Å²) in [5.41, 5.74) is 2.11. The van der Waals surface area contributed by atoms with Crippen LogP contribution in [0.1, 0.15) is 24.1 Å². The Labute approximate surface area is 136 Å². The number of carbonyl (C=O) groups excluding carboxylic acids is 1. The molecule has 5 heteroatoms. The molecule has 23 heavy (non-hydrogen) atoms. The Hall–Kier alpha value is -2.43. The zero-order valence-electron chi connectivity index (χ0n) is 13.6. The number of aryl methyl sites for hydroxylation is 2. The molecule has 1 saturated heterocycles. The van der Waals surface area contributed by atoms with Gasteiger partial charge in [0.25, 0.3) is 0 Å². The minimum absolute atomic E-state index is 0.0409. The average Bonchev–Trinajstić information content (AvgIpc) is 2.57. The number of carbonyl (C=O) groups is 1. The molecule has 3 rings (SSSR count). The minimum Gasteiger partial charge on any atom is -0.357 e. The largest absolute Gasteiger partial charge is 0.357 e. The smallest absolute Gasteiger partial charge is 0.228 e. The van der Waals surface area contributed by atoms with Crippen LogP contribution in [0.2, 0.25) is 0 Å². The van der Waals surface area contributed by atoms with Crippen LogP contribution in [0.25, 0.3) is 0 Å². The van der Waals surface area contributed by atoms with E-state index in [4.69, 9.17) is 0 Å². The maximum absolute atomic E-state index is 12.4. The van der Waals surface area contributed by atoms with Gasteiger partial charge in [-0.05, 0) is 50.5 Å². The van der Waals surface area contributed by atoms with Crippen LogP contribution in [0.3, 0.4) is 0 Å². The van der Waals surface area contributed by atoms with Crippen LogP contribution in [-0.2, 0) is 4.79 Å². The number of aromatic nitrogens is 2. The molecule has 1 aliphatic heterocycles. The van der Waals surface area contributed by atoms with Gasteiger partial charge in [0.2, 0.25) is 5.91 Å². The number of rotatable bonds is 3. The van der Waals surface area contributed by atoms with Gasteiger partial charge in [0.1, 0.15) is 11.6 Å². The quantitative estimate of drug-likeness (QED) is 0.947. The van der Waals surface area contributed by atoms with E-state index >= 15 is 0 Å². The number of anilines is 2. The second kappa shape index (κ2) is 6.77. The molecule has 2 aromatic rings. The molecule has 0 unspecified atom stereocenters. The van der Waals surface area contributed by atoms with E-state index < -0.39 is 0 Å². The van der Waals surface area contributed by atoms with Crippen molar-refractivity contribution >= 4 is 17.5 Å². The maximum atomic E-state index is 12.4. The standard InChI is InChI=1S/C18H22N4O/c1-13-6-7-16(19-12-13)21-18(23)15-8-10-22(11-9-15)17-5-3-4-14(2)20-17/h3-7,12,15H,8-11H2,1-2H3,(H,19,21,23). The lowest BCUT2D eigenvalue weighted by Gasteiger charge is -2.32. The fraction of sp³-hybridized carbons (Fsp3) is 0.389. The molecule has 0 aliphatic carbocycles. The Morgan fingerprint density at radius 3 is 2.61 bits per heavy atom. The zero-order chi connectivity index (χ0) is 16.2. The van der Waals surface area contributed by atoms with Gasteiger partial charge in [0, 0.05) is 30.9 Å². The average molecular weight is 310 g/mol. The van der Waals surface area contributed by atoms with Crippen molar-refractivity contribution in [2.45, 2.75) is 26.7 Å². The molecular formula is C18H22N4O. The van der Waals surface area contributed by atoms with E-state index in [9.17, 15) is 4.79 Å². The highest BCUT2D eigenvalue weighted by molar-refractivity contribution is 5.91. The lowest BCUT2D eigenvalue weighted by atomic mass is 9.96. The topological polar surface area (TPSA) is 58.1 Å². The summed E-state index contributed by atoms with van der Waals surface area (Å²) in [6, 6.07) is 9.86. The fourth-order valence-corrected chi connectivity index (χ4v) is 2.85. The first-order chi connectivity index (χ1) is 11.1. The number of amides is 1. The van der Waals surface area contributed by atoms with Crippen molar-refractivity contribution in [3.63, 3.8) is 0 Å². The predicted molar refractivity (Wildman–Crippen MR) is 91.5 cm³/mol. The Balaban J connectivity index is 1.56. The van der Waals surface area contributed by atoms with Crippen LogP contribution in [0, 0.1) is 19.8 Å². The number of nitrogens with zero attached hydrogens (tertiary/aromatic N) is 3. The van der Waals surface area contributed by atoms with E-state index in [1.807, 2.05) is 44.2 Å². The van der Waals surface area contributed by atoms with E-state index in [-0.39, 0.29) is 11.8 Å². The van der Waals surface area contributed by atoms with E-state index in [2.05, 4.69) is 20.2 Å². The highest BCUT2D eigenvalue weighted by atomic mass is 16.1. The van der Waals surface area contributed by atoms with Gasteiger partial charge < -0.3 is 10.2 Å². The van der Waals surface area contributed by atoms with Crippen LogP contribution in [0.4, 0.5) is 11.6 Å². The van der Waals surface area contributed by atoms with Crippen molar-refractivity contribution in [1.82, 2.24) is 9.97 Å². The summed E-state index contributed by atoms with van der Waals surface area (Å²) < 4.78 is 0. The highest BCUT2D eigenvalue weighted by Gasteiger charge is 2.25. The molecule has 120 valence electrons. The van der Waals surface area contributed by atoms with Crippen molar-refractivity contribution in [3.8, 4) is 0 Å². The van der Waals surface area contributed by atoms with Crippen molar-refractivity contribution < 1.29 is 4.79 Å². The molecule has 0 atom stereocenters. The third-order valence-electron chi connectivity index (χ3n) is 4.23. The van der Waals surface area contributed by atoms with Gasteiger partial charge in [-0.15, -0.1) is 0 Å². The maximum Gasteiger partial charge on any atom is 0.228 e. The van der Waals surface area contributed by atoms with Gasteiger partial charge in [-0.3, -0.25) is 4.79 Å². The van der Waals surface area contributed by atoms with Gasteiger partial charge in [-0.25, -0.2) is 9.97 Å². The van der Waals surface area contributed by atoms with Crippen LogP contribution < -0.4 is 10.2 Å². The van der Waals surface area contributed by atoms with Gasteiger partial charge in [0.15, 0.2) is 0 Å². The normalized spacial score (nSPS) is 15.5. The van der Waals surface area contributed by atoms with Gasteiger partial charge in [-0.1, -0.05) is 12.1 Å². The Kier molecular flexibility index (Phi) is 4.55. The minimum atomic E-state index is 0.0409. The van der Waals surface area contributed by atoms with Crippen LogP contribution in [0.5, 0.6) is 0 Å². The molecule has 2 aromatic heterocycles. The van der Waals surface area contributed by atoms with Gasteiger partial charge in [-0.2, -0.15) is 0 Å². The number of hydrogen-bond donors (Lipinski definition) is 1. The van der Waals surface area contributed by atoms with Crippen molar-refractivity contribution in [1.29, 1.82) is 0 Å². The molecular weight excluding hydrogens is 288 g/mol. The second-order valence-electron chi connectivity index (χ2n) is 6.11. The highest BCUT2D eigenvalue weighted by Crippen LogP contribution is 2.23. The summed E-state index contributed by atoms with van der Waals surface area (Å²) in [6.45, 7) is 5.69. The monoisotopic (exact) mass is 310 g/mol. The van der Waals surface area contributed by atoms with Crippen LogP contribution >= 0.6 is 0 Å². The van der Waals surface area contributed by atoms with Crippen molar-refractivity contribution in [2.75, 3.05) is 23.3 Å². The molecule has 1 fully saturated rings. The molecule has 0 aromatic carbocycles. The Bertz CT molecular complexity index is 676. The van der Waals surface area contributed by atoms with Crippen molar-refractivity contribution in [3.05, 3.63) is 47.8 Å². The molecule has 5 nitrogen and oxygen atoms in total. The SMILES string of the molecule is Cc1ccc(NC(=O)C2CCN(c3cccc(C)n3)CC2)nc1. The third kappa shape index (κ3) is 3.86. The van der Waals surface area contributed by atoms with E-state index in [0.717, 1.165) is 43.0 Å². The molecule has 1 aliphatic rings. The summed E-state index contributed by atoms with van der Waals surface area (Å²) >= 11 is 0. The zero-order valence-corrected chi connectivity index (χ0v) is 13.6. The van der Waals surface area contributed by atoms with Crippen LogP contribution in [-0.4, -0.2) is 29.0 Å². The van der Waals surface area contributed by atoms with E-state index in [1.54, 1.807) is 6.20 Å². The first-order valence-corrected chi connectivity index (χ1v) is 8.04. The number of hydrogen-bond acceptors (Lipinski definition) is 4. The van der Waals surface area contributed by atoms with Gasteiger partial charge in [0.05, 0.1) is 0 Å². The van der Waals surface area contributed by atoms with Gasteiger partial charge >= 0.3 is 0 Å². The number of nitrogens with one attached hydrogen (secondary N) is 1. The lowest BCUT2D eigenvalue weighted by Crippen LogP contribution is -2.38. The predicted octanol–water partition coefficient (Wildman–Crippen LogP) is 2.95. The Morgan fingerprint density at radius 2 is 1.96 bits per heavy atom. The molecule has 0 spiro atoms. The molecule has 1 N–H and O–H groups in total. The summed E-state index contributed by atoms with van der Waals surface area (Å²) in [4.78, 5) is 23.4. The second-order valence-corrected chi connectivity index (χ2v) is 6.11. The summed E-state index contributed by atoms with van der Waals surface area (Å²) in [5, 5.41) is 2.92. The fourth-order valence-electron chi connectivity index (χ4n) is 2.85. The summed E-state index contributed by atoms with van der Waals surface area (Å²) in [7, 11) is 0. The van der Waals surface area contributed by atoms with Crippen LogP contribution in [0.15, 0.2) is 36.5 Å². The number of piperidine rings is 1. The van der Waals surface area contributed by atoms with Crippen molar-refractivity contribution in [2.24, 2.45) is 5.92 Å². The Morgan fingerprint density at radius 1 is 1.17 bits per heavy atom. The molecule has 3 heterocycles. The van der Waals surface area contributed by atoms with E-state index in [0.29, 0.717) is 5.82 Å². The molecule has 0 bridgehead atoms.